The molecule has 19 heavy (non-hydrogen) atoms. The summed E-state index contributed by atoms with van der Waals surface area (Å²) in [6.45, 7) is 3.39. The van der Waals surface area contributed by atoms with Gasteiger partial charge in [-0.15, -0.1) is 0 Å². The highest BCUT2D eigenvalue weighted by Gasteiger charge is 2.23. The summed E-state index contributed by atoms with van der Waals surface area (Å²) in [5, 5.41) is 0. The zero-order valence-electron chi connectivity index (χ0n) is 11.3. The highest BCUT2D eigenvalue weighted by Crippen LogP contribution is 2.24. The van der Waals surface area contributed by atoms with Crippen molar-refractivity contribution in [2.45, 2.75) is 44.4 Å². The third-order valence-electron chi connectivity index (χ3n) is 3.54. The molecule has 1 aliphatic rings. The van der Waals surface area contributed by atoms with E-state index in [0.29, 0.717) is 6.61 Å². The molecule has 0 spiro atoms. The van der Waals surface area contributed by atoms with Crippen molar-refractivity contribution in [2.75, 3.05) is 13.2 Å². The summed E-state index contributed by atoms with van der Waals surface area (Å²) in [7, 11) is 0. The molecule has 3 unspecified atom stereocenters. The monoisotopic (exact) mass is 267 g/mol. The summed E-state index contributed by atoms with van der Waals surface area (Å²) in [5.74, 6) is -0.244. The molecule has 1 aliphatic heterocycles. The summed E-state index contributed by atoms with van der Waals surface area (Å²) >= 11 is 0. The van der Waals surface area contributed by atoms with E-state index >= 15 is 0 Å². The molecular weight excluding hydrogens is 245 g/mol. The minimum atomic E-state index is -0.244. The van der Waals surface area contributed by atoms with Crippen molar-refractivity contribution in [1.29, 1.82) is 0 Å². The van der Waals surface area contributed by atoms with Gasteiger partial charge in [0.25, 0.3) is 0 Å². The average molecular weight is 267 g/mol. The standard InChI is InChI=1S/C15H22FNO2/c1-2-14(17)15(11-5-7-12(16)8-6-11)19-10-13-4-3-9-18-13/h5-8,13-15H,2-4,9-10,17H2,1H3. The third kappa shape index (κ3) is 4.00. The van der Waals surface area contributed by atoms with Gasteiger partial charge in [0.15, 0.2) is 0 Å². The minimum absolute atomic E-state index is 0.0909. The van der Waals surface area contributed by atoms with Crippen LogP contribution in [0.1, 0.15) is 37.9 Å². The number of rotatable bonds is 6. The molecule has 0 amide bonds. The van der Waals surface area contributed by atoms with Crippen molar-refractivity contribution in [3.8, 4) is 0 Å². The van der Waals surface area contributed by atoms with Gasteiger partial charge in [-0.2, -0.15) is 0 Å². The first kappa shape index (κ1) is 14.4. The van der Waals surface area contributed by atoms with Crippen LogP contribution in [0.5, 0.6) is 0 Å². The molecule has 0 bridgehead atoms. The van der Waals surface area contributed by atoms with Crippen molar-refractivity contribution in [2.24, 2.45) is 5.73 Å². The van der Waals surface area contributed by atoms with Crippen molar-refractivity contribution in [1.82, 2.24) is 0 Å². The molecule has 0 saturated carbocycles. The fourth-order valence-corrected chi connectivity index (χ4v) is 2.32. The maximum Gasteiger partial charge on any atom is 0.123 e. The number of benzene rings is 1. The van der Waals surface area contributed by atoms with Crippen LogP contribution in [0.4, 0.5) is 4.39 Å². The van der Waals surface area contributed by atoms with Crippen LogP contribution >= 0.6 is 0 Å². The Balaban J connectivity index is 2.00. The Morgan fingerprint density at radius 3 is 2.74 bits per heavy atom. The van der Waals surface area contributed by atoms with Crippen LogP contribution in [0.2, 0.25) is 0 Å². The van der Waals surface area contributed by atoms with Crippen LogP contribution in [-0.2, 0) is 9.47 Å². The lowest BCUT2D eigenvalue weighted by atomic mass is 10.0. The summed E-state index contributed by atoms with van der Waals surface area (Å²) in [6, 6.07) is 6.28. The maximum atomic E-state index is 13.0. The Morgan fingerprint density at radius 1 is 1.42 bits per heavy atom. The van der Waals surface area contributed by atoms with Crippen molar-refractivity contribution < 1.29 is 13.9 Å². The van der Waals surface area contributed by atoms with Crippen LogP contribution < -0.4 is 5.73 Å². The Kier molecular flexibility index (Phi) is 5.31. The first-order chi connectivity index (χ1) is 9.20. The SMILES string of the molecule is CCC(N)C(OCC1CCCO1)c1ccc(F)cc1. The number of nitrogens with two attached hydrogens (primary N) is 1. The number of halogens is 1. The molecule has 2 rings (SSSR count). The molecule has 106 valence electrons. The second kappa shape index (κ2) is 6.98. The van der Waals surface area contributed by atoms with E-state index in [0.717, 1.165) is 31.4 Å². The molecule has 2 N–H and O–H groups in total. The van der Waals surface area contributed by atoms with Gasteiger partial charge in [0.2, 0.25) is 0 Å². The van der Waals surface area contributed by atoms with Gasteiger partial charge >= 0.3 is 0 Å². The van der Waals surface area contributed by atoms with E-state index in [9.17, 15) is 4.39 Å². The third-order valence-corrected chi connectivity index (χ3v) is 3.54. The molecule has 1 saturated heterocycles. The summed E-state index contributed by atoms with van der Waals surface area (Å²) < 4.78 is 24.5. The molecule has 4 heteroatoms. The van der Waals surface area contributed by atoms with Crippen molar-refractivity contribution in [3.63, 3.8) is 0 Å². The highest BCUT2D eigenvalue weighted by atomic mass is 19.1. The van der Waals surface area contributed by atoms with Gasteiger partial charge in [-0.25, -0.2) is 4.39 Å². The second-order valence-electron chi connectivity index (χ2n) is 5.01. The molecule has 1 aromatic rings. The Morgan fingerprint density at radius 2 is 2.16 bits per heavy atom. The largest absolute Gasteiger partial charge is 0.376 e. The zero-order valence-corrected chi connectivity index (χ0v) is 11.3. The van der Waals surface area contributed by atoms with Crippen molar-refractivity contribution in [3.05, 3.63) is 35.6 Å². The number of hydrogen-bond acceptors (Lipinski definition) is 3. The smallest absolute Gasteiger partial charge is 0.123 e. The molecule has 3 nitrogen and oxygen atoms in total. The molecule has 0 radical (unpaired) electrons. The predicted molar refractivity (Wildman–Crippen MR) is 72.3 cm³/mol. The molecule has 1 fully saturated rings. The molecule has 3 atom stereocenters. The minimum Gasteiger partial charge on any atom is -0.376 e. The normalized spacial score (nSPS) is 22.4. The first-order valence-electron chi connectivity index (χ1n) is 6.95. The van der Waals surface area contributed by atoms with Gasteiger partial charge in [0, 0.05) is 12.6 Å². The summed E-state index contributed by atoms with van der Waals surface area (Å²) in [6.07, 6.45) is 2.92. The predicted octanol–water partition coefficient (Wildman–Crippen LogP) is 2.80. The molecule has 1 aromatic carbocycles. The lowest BCUT2D eigenvalue weighted by Crippen LogP contribution is -2.31. The molecule has 1 heterocycles. The van der Waals surface area contributed by atoms with Crippen LogP contribution in [0.15, 0.2) is 24.3 Å². The van der Waals surface area contributed by atoms with E-state index in [1.54, 1.807) is 12.1 Å². The van der Waals surface area contributed by atoms with Gasteiger partial charge in [0.1, 0.15) is 5.82 Å². The van der Waals surface area contributed by atoms with Gasteiger partial charge in [-0.05, 0) is 37.0 Å². The fraction of sp³-hybridized carbons (Fsp3) is 0.600. The van der Waals surface area contributed by atoms with Crippen LogP contribution in [0.25, 0.3) is 0 Å². The van der Waals surface area contributed by atoms with E-state index < -0.39 is 0 Å². The van der Waals surface area contributed by atoms with Gasteiger partial charge in [-0.3, -0.25) is 0 Å². The van der Waals surface area contributed by atoms with E-state index in [1.165, 1.54) is 12.1 Å². The van der Waals surface area contributed by atoms with Crippen LogP contribution in [0.3, 0.4) is 0 Å². The van der Waals surface area contributed by atoms with Crippen LogP contribution in [0, 0.1) is 5.82 Å². The average Bonchev–Trinajstić information content (AvgIpc) is 2.93. The van der Waals surface area contributed by atoms with Gasteiger partial charge in [0.05, 0.1) is 18.8 Å². The Labute approximate surface area is 113 Å². The first-order valence-corrected chi connectivity index (χ1v) is 6.95. The lowest BCUT2D eigenvalue weighted by Gasteiger charge is -2.25. The van der Waals surface area contributed by atoms with Crippen molar-refractivity contribution >= 4 is 0 Å². The van der Waals surface area contributed by atoms with E-state index in [4.69, 9.17) is 15.2 Å². The number of hydrogen-bond donors (Lipinski definition) is 1. The Hall–Kier alpha value is -0.970. The lowest BCUT2D eigenvalue weighted by molar-refractivity contribution is -0.0310. The maximum absolute atomic E-state index is 13.0. The molecule has 0 aromatic heterocycles. The molecular formula is C15H22FNO2. The van der Waals surface area contributed by atoms with E-state index in [1.807, 2.05) is 6.92 Å². The fourth-order valence-electron chi connectivity index (χ4n) is 2.32. The zero-order chi connectivity index (χ0) is 13.7. The Bertz CT molecular complexity index is 376. The van der Waals surface area contributed by atoms with Gasteiger partial charge < -0.3 is 15.2 Å². The summed E-state index contributed by atoms with van der Waals surface area (Å²) in [4.78, 5) is 0. The van der Waals surface area contributed by atoms with E-state index in [-0.39, 0.29) is 24.1 Å². The van der Waals surface area contributed by atoms with Crippen LogP contribution in [-0.4, -0.2) is 25.4 Å². The number of ether oxygens (including phenoxy) is 2. The quantitative estimate of drug-likeness (QED) is 0.862. The van der Waals surface area contributed by atoms with E-state index in [2.05, 4.69) is 0 Å². The second-order valence-corrected chi connectivity index (χ2v) is 5.01. The van der Waals surface area contributed by atoms with Gasteiger partial charge in [-0.1, -0.05) is 19.1 Å². The summed E-state index contributed by atoms with van der Waals surface area (Å²) in [5.41, 5.74) is 7.04. The topological polar surface area (TPSA) is 44.5 Å². The molecule has 0 aliphatic carbocycles. The highest BCUT2D eigenvalue weighted by molar-refractivity contribution is 5.20.